The van der Waals surface area contributed by atoms with Crippen LogP contribution in [-0.2, 0) is 4.74 Å². The molecule has 1 heterocycles. The Balaban J connectivity index is 1.64. The van der Waals surface area contributed by atoms with Gasteiger partial charge in [-0.25, -0.2) is 0 Å². The molecule has 1 amide bonds. The smallest absolute Gasteiger partial charge is 0.255 e. The highest BCUT2D eigenvalue weighted by Crippen LogP contribution is 2.30. The first-order valence-electron chi connectivity index (χ1n) is 11.0. The minimum absolute atomic E-state index is 0.0267. The monoisotopic (exact) mass is 404 g/mol. The molecule has 1 saturated carbocycles. The van der Waals surface area contributed by atoms with Crippen LogP contribution < -0.4 is 14.8 Å². The van der Waals surface area contributed by atoms with Gasteiger partial charge in [-0.3, -0.25) is 4.79 Å². The van der Waals surface area contributed by atoms with E-state index in [9.17, 15) is 4.79 Å². The number of ether oxygens (including phenoxy) is 3. The lowest BCUT2D eigenvalue weighted by atomic mass is 10.0. The number of carbonyl (C=O) groups is 1. The molecule has 3 rings (SSSR count). The van der Waals surface area contributed by atoms with Crippen molar-refractivity contribution < 1.29 is 19.0 Å². The van der Waals surface area contributed by atoms with Crippen LogP contribution in [0.5, 0.6) is 11.5 Å². The summed E-state index contributed by atoms with van der Waals surface area (Å²) in [4.78, 5) is 15.6. The Hall–Kier alpha value is -1.79. The molecule has 0 radical (unpaired) electrons. The summed E-state index contributed by atoms with van der Waals surface area (Å²) in [5.41, 5.74) is 0.525. The maximum absolute atomic E-state index is 12.9. The molecular formula is C23H36N2O4. The summed E-state index contributed by atoms with van der Waals surface area (Å²) in [5, 5.41) is 3.05. The van der Waals surface area contributed by atoms with E-state index in [-0.39, 0.29) is 18.1 Å². The van der Waals surface area contributed by atoms with Crippen LogP contribution in [0, 0.1) is 0 Å². The molecule has 0 unspecified atom stereocenters. The van der Waals surface area contributed by atoms with E-state index in [2.05, 4.69) is 10.2 Å². The Morgan fingerprint density at radius 3 is 2.52 bits per heavy atom. The highest BCUT2D eigenvalue weighted by atomic mass is 16.5. The lowest BCUT2D eigenvalue weighted by molar-refractivity contribution is 0.0743. The van der Waals surface area contributed by atoms with Crippen LogP contribution in [0.1, 0.15) is 62.2 Å². The molecule has 6 heteroatoms. The molecule has 6 nitrogen and oxygen atoms in total. The number of hydrogen-bond donors (Lipinski definition) is 1. The minimum Gasteiger partial charge on any atom is -0.497 e. The van der Waals surface area contributed by atoms with Crippen LogP contribution in [0.4, 0.5) is 0 Å². The Kier molecular flexibility index (Phi) is 8.19. The third kappa shape index (κ3) is 5.86. The zero-order chi connectivity index (χ0) is 20.6. The molecule has 2 aliphatic rings. The normalized spacial score (nSPS) is 19.8. The average molecular weight is 405 g/mol. The molecule has 1 saturated heterocycles. The number of methoxy groups -OCH3 is 2. The van der Waals surface area contributed by atoms with Gasteiger partial charge in [0.1, 0.15) is 17.6 Å². The molecule has 1 atom stereocenters. The average Bonchev–Trinajstić information content (AvgIpc) is 3.29. The summed E-state index contributed by atoms with van der Waals surface area (Å²) >= 11 is 0. The second-order valence-electron chi connectivity index (χ2n) is 8.19. The predicted octanol–water partition coefficient (Wildman–Crippen LogP) is 3.64. The fourth-order valence-electron chi connectivity index (χ4n) is 4.45. The summed E-state index contributed by atoms with van der Waals surface area (Å²) in [5.74, 6) is 1.14. The molecule has 0 aromatic heterocycles. The van der Waals surface area contributed by atoms with Crippen molar-refractivity contribution in [3.05, 3.63) is 23.8 Å². The van der Waals surface area contributed by atoms with Gasteiger partial charge < -0.3 is 24.4 Å². The number of nitrogens with one attached hydrogen (secondary N) is 1. The van der Waals surface area contributed by atoms with Gasteiger partial charge in [-0.05, 0) is 50.3 Å². The van der Waals surface area contributed by atoms with E-state index in [4.69, 9.17) is 14.2 Å². The molecule has 1 aromatic rings. The Bertz CT molecular complexity index is 652. The summed E-state index contributed by atoms with van der Waals surface area (Å²) in [7, 11) is 3.25. The van der Waals surface area contributed by atoms with Gasteiger partial charge in [0.25, 0.3) is 5.91 Å². The number of benzene rings is 1. The van der Waals surface area contributed by atoms with E-state index in [0.29, 0.717) is 23.7 Å². The lowest BCUT2D eigenvalue weighted by Crippen LogP contribution is -2.43. The molecule has 1 N–H and O–H groups in total. The molecule has 162 valence electrons. The largest absolute Gasteiger partial charge is 0.497 e. The van der Waals surface area contributed by atoms with Gasteiger partial charge in [0.2, 0.25) is 0 Å². The van der Waals surface area contributed by atoms with Gasteiger partial charge in [0.15, 0.2) is 0 Å². The van der Waals surface area contributed by atoms with Crippen molar-refractivity contribution >= 4 is 5.91 Å². The third-order valence-electron chi connectivity index (χ3n) is 6.24. The zero-order valence-electron chi connectivity index (χ0n) is 18.1. The summed E-state index contributed by atoms with van der Waals surface area (Å²) in [6.45, 7) is 4.69. The topological polar surface area (TPSA) is 60.0 Å². The van der Waals surface area contributed by atoms with Gasteiger partial charge in [0, 0.05) is 26.2 Å². The molecule has 29 heavy (non-hydrogen) atoms. The Labute approximate surface area is 174 Å². The molecule has 0 spiro atoms. The van der Waals surface area contributed by atoms with E-state index in [1.807, 2.05) is 19.1 Å². The number of nitrogens with zero attached hydrogens (tertiary/aromatic N) is 1. The number of carbonyl (C=O) groups excluding carboxylic acids is 1. The van der Waals surface area contributed by atoms with Gasteiger partial charge in [-0.2, -0.15) is 0 Å². The number of hydrogen-bond acceptors (Lipinski definition) is 5. The van der Waals surface area contributed by atoms with Crippen LogP contribution in [0.15, 0.2) is 18.2 Å². The zero-order valence-corrected chi connectivity index (χ0v) is 18.1. The standard InChI is InChI=1S/C23H36N2O4/c1-4-17(16-27-2)24-23(26)21-15-20(28-3)9-10-22(21)29-19-11-13-25(14-12-19)18-7-5-6-8-18/h9-10,15,17-19H,4-8,11-14,16H2,1-3H3,(H,24,26)/t17-/m1/s1. The summed E-state index contributed by atoms with van der Waals surface area (Å²) in [6, 6.07) is 6.21. The first kappa shape index (κ1) is 21.9. The van der Waals surface area contributed by atoms with Crippen LogP contribution in [0.2, 0.25) is 0 Å². The number of piperidine rings is 1. The molecular weight excluding hydrogens is 368 g/mol. The van der Waals surface area contributed by atoms with E-state index in [0.717, 1.165) is 38.4 Å². The maximum Gasteiger partial charge on any atom is 0.255 e. The van der Waals surface area contributed by atoms with Crippen molar-refractivity contribution in [3.63, 3.8) is 0 Å². The van der Waals surface area contributed by atoms with Crippen molar-refractivity contribution in [1.82, 2.24) is 10.2 Å². The van der Waals surface area contributed by atoms with Gasteiger partial charge in [-0.1, -0.05) is 19.8 Å². The van der Waals surface area contributed by atoms with Crippen molar-refractivity contribution in [3.8, 4) is 11.5 Å². The highest BCUT2D eigenvalue weighted by molar-refractivity contribution is 5.97. The predicted molar refractivity (Wildman–Crippen MR) is 114 cm³/mol. The van der Waals surface area contributed by atoms with Gasteiger partial charge in [0.05, 0.1) is 25.3 Å². The van der Waals surface area contributed by atoms with Gasteiger partial charge in [-0.15, -0.1) is 0 Å². The molecule has 2 fully saturated rings. The lowest BCUT2D eigenvalue weighted by Gasteiger charge is -2.36. The number of likely N-dealkylation sites (tertiary alicyclic amines) is 1. The fourth-order valence-corrected chi connectivity index (χ4v) is 4.45. The number of rotatable bonds is 9. The van der Waals surface area contributed by atoms with Crippen molar-refractivity contribution in [2.45, 2.75) is 70.1 Å². The third-order valence-corrected chi connectivity index (χ3v) is 6.24. The van der Waals surface area contributed by atoms with E-state index in [1.165, 1.54) is 25.7 Å². The minimum atomic E-state index is -0.147. The summed E-state index contributed by atoms with van der Waals surface area (Å²) < 4.78 is 16.9. The molecule has 1 aliphatic carbocycles. The van der Waals surface area contributed by atoms with Crippen molar-refractivity contribution in [2.75, 3.05) is 33.9 Å². The van der Waals surface area contributed by atoms with E-state index in [1.54, 1.807) is 20.3 Å². The van der Waals surface area contributed by atoms with Crippen LogP contribution in [-0.4, -0.2) is 62.9 Å². The number of amides is 1. The van der Waals surface area contributed by atoms with E-state index >= 15 is 0 Å². The second-order valence-corrected chi connectivity index (χ2v) is 8.19. The second kappa shape index (κ2) is 10.8. The quantitative estimate of drug-likeness (QED) is 0.681. The van der Waals surface area contributed by atoms with Crippen molar-refractivity contribution in [2.24, 2.45) is 0 Å². The summed E-state index contributed by atoms with van der Waals surface area (Å²) in [6.07, 6.45) is 8.38. The molecule has 1 aliphatic heterocycles. The fraction of sp³-hybridized carbons (Fsp3) is 0.696. The van der Waals surface area contributed by atoms with Gasteiger partial charge >= 0.3 is 0 Å². The van der Waals surface area contributed by atoms with Crippen LogP contribution >= 0.6 is 0 Å². The first-order chi connectivity index (χ1) is 14.1. The SMILES string of the molecule is CC[C@H](COC)NC(=O)c1cc(OC)ccc1OC1CCN(C2CCCC2)CC1. The molecule has 1 aromatic carbocycles. The van der Waals surface area contributed by atoms with E-state index < -0.39 is 0 Å². The van der Waals surface area contributed by atoms with Crippen LogP contribution in [0.3, 0.4) is 0 Å². The first-order valence-corrected chi connectivity index (χ1v) is 11.0. The Morgan fingerprint density at radius 1 is 1.17 bits per heavy atom. The Morgan fingerprint density at radius 2 is 1.90 bits per heavy atom. The highest BCUT2D eigenvalue weighted by Gasteiger charge is 2.28. The molecule has 0 bridgehead atoms. The van der Waals surface area contributed by atoms with Crippen LogP contribution in [0.25, 0.3) is 0 Å². The maximum atomic E-state index is 12.9. The van der Waals surface area contributed by atoms with Crippen molar-refractivity contribution in [1.29, 1.82) is 0 Å².